The van der Waals surface area contributed by atoms with E-state index in [1.165, 1.54) is 16.5 Å². The van der Waals surface area contributed by atoms with Gasteiger partial charge in [-0.3, -0.25) is 0 Å². The van der Waals surface area contributed by atoms with Gasteiger partial charge in [-0.05, 0) is 25.5 Å². The first-order chi connectivity index (χ1) is 6.74. The Kier molecular flexibility index (Phi) is 2.30. The van der Waals surface area contributed by atoms with E-state index in [2.05, 4.69) is 42.0 Å². The summed E-state index contributed by atoms with van der Waals surface area (Å²) < 4.78 is 7.48. The van der Waals surface area contributed by atoms with E-state index < -0.39 is 0 Å². The number of benzene rings is 1. The lowest BCUT2D eigenvalue weighted by molar-refractivity contribution is 0.0641. The van der Waals surface area contributed by atoms with Gasteiger partial charge in [0.15, 0.2) is 0 Å². The van der Waals surface area contributed by atoms with Gasteiger partial charge in [0.25, 0.3) is 0 Å². The Hall–Kier alpha value is -1.28. The van der Waals surface area contributed by atoms with Gasteiger partial charge in [-0.2, -0.15) is 0 Å². The molecule has 14 heavy (non-hydrogen) atoms. The van der Waals surface area contributed by atoms with Crippen LogP contribution in [0.5, 0.6) is 0 Å². The van der Waals surface area contributed by atoms with Crippen molar-refractivity contribution < 1.29 is 4.74 Å². The van der Waals surface area contributed by atoms with E-state index in [-0.39, 0.29) is 6.23 Å². The summed E-state index contributed by atoms with van der Waals surface area (Å²) in [5.41, 5.74) is 2.53. The highest BCUT2D eigenvalue weighted by Crippen LogP contribution is 2.23. The fraction of sp³-hybridized carbons (Fsp3) is 0.333. The van der Waals surface area contributed by atoms with Gasteiger partial charge in [0.05, 0.1) is 5.52 Å². The standard InChI is InChI=1S/C12H15NO/c1-9-8-13(10(2)14-3)12-7-5-4-6-11(9)12/h4-8,10H,1-3H3. The number of para-hydroxylation sites is 1. The minimum atomic E-state index is 0.0913. The van der Waals surface area contributed by atoms with Crippen molar-refractivity contribution in [2.24, 2.45) is 0 Å². The Morgan fingerprint density at radius 1 is 1.29 bits per heavy atom. The van der Waals surface area contributed by atoms with Crippen LogP contribution in [0.3, 0.4) is 0 Å². The predicted octanol–water partition coefficient (Wildman–Crippen LogP) is 3.11. The number of aromatic nitrogens is 1. The van der Waals surface area contributed by atoms with E-state index in [0.29, 0.717) is 0 Å². The van der Waals surface area contributed by atoms with E-state index in [9.17, 15) is 0 Å². The molecule has 0 radical (unpaired) electrons. The maximum Gasteiger partial charge on any atom is 0.130 e. The smallest absolute Gasteiger partial charge is 0.130 e. The van der Waals surface area contributed by atoms with Crippen LogP contribution < -0.4 is 0 Å². The quantitative estimate of drug-likeness (QED) is 0.708. The average Bonchev–Trinajstić information content (AvgIpc) is 2.56. The van der Waals surface area contributed by atoms with Crippen LogP contribution in [0, 0.1) is 6.92 Å². The molecule has 0 saturated carbocycles. The van der Waals surface area contributed by atoms with E-state index in [4.69, 9.17) is 4.74 Å². The van der Waals surface area contributed by atoms with Crippen LogP contribution in [0.4, 0.5) is 0 Å². The van der Waals surface area contributed by atoms with Crippen LogP contribution >= 0.6 is 0 Å². The summed E-state index contributed by atoms with van der Waals surface area (Å²) in [5, 5.41) is 1.30. The summed E-state index contributed by atoms with van der Waals surface area (Å²) in [6.45, 7) is 4.17. The highest BCUT2D eigenvalue weighted by atomic mass is 16.5. The van der Waals surface area contributed by atoms with Crippen molar-refractivity contribution in [1.29, 1.82) is 0 Å². The SMILES string of the molecule is COC(C)n1cc(C)c2ccccc21. The van der Waals surface area contributed by atoms with Crippen molar-refractivity contribution in [2.75, 3.05) is 7.11 Å². The number of hydrogen-bond acceptors (Lipinski definition) is 1. The van der Waals surface area contributed by atoms with Crippen molar-refractivity contribution in [2.45, 2.75) is 20.1 Å². The number of fused-ring (bicyclic) bond motifs is 1. The van der Waals surface area contributed by atoms with Crippen LogP contribution in [0.15, 0.2) is 30.5 Å². The molecule has 0 aliphatic carbocycles. The molecule has 0 fully saturated rings. The fourth-order valence-electron chi connectivity index (χ4n) is 1.79. The van der Waals surface area contributed by atoms with E-state index in [1.807, 2.05) is 6.92 Å². The van der Waals surface area contributed by atoms with Gasteiger partial charge in [0.1, 0.15) is 6.23 Å². The number of nitrogens with zero attached hydrogens (tertiary/aromatic N) is 1. The lowest BCUT2D eigenvalue weighted by Gasteiger charge is -2.12. The molecule has 1 atom stereocenters. The number of ether oxygens (including phenoxy) is 1. The van der Waals surface area contributed by atoms with Crippen molar-refractivity contribution in [3.63, 3.8) is 0 Å². The monoisotopic (exact) mass is 189 g/mol. The third kappa shape index (κ3) is 1.32. The van der Waals surface area contributed by atoms with Crippen molar-refractivity contribution in [3.05, 3.63) is 36.0 Å². The lowest BCUT2D eigenvalue weighted by atomic mass is 10.2. The summed E-state index contributed by atoms with van der Waals surface area (Å²) in [5.74, 6) is 0. The highest BCUT2D eigenvalue weighted by molar-refractivity contribution is 5.83. The summed E-state index contributed by atoms with van der Waals surface area (Å²) in [6.07, 6.45) is 2.23. The third-order valence-corrected chi connectivity index (χ3v) is 2.67. The number of methoxy groups -OCH3 is 1. The number of hydrogen-bond donors (Lipinski definition) is 0. The first kappa shape index (κ1) is 9.28. The number of rotatable bonds is 2. The minimum Gasteiger partial charge on any atom is -0.362 e. The van der Waals surface area contributed by atoms with Crippen LogP contribution in [0.2, 0.25) is 0 Å². The maximum atomic E-state index is 5.32. The summed E-state index contributed by atoms with van der Waals surface area (Å²) in [7, 11) is 1.73. The first-order valence-corrected chi connectivity index (χ1v) is 4.83. The molecular weight excluding hydrogens is 174 g/mol. The molecule has 2 rings (SSSR count). The molecule has 0 bridgehead atoms. The molecule has 1 heterocycles. The molecule has 0 aliphatic heterocycles. The Morgan fingerprint density at radius 3 is 2.71 bits per heavy atom. The Balaban J connectivity index is 2.66. The lowest BCUT2D eigenvalue weighted by Crippen LogP contribution is -2.04. The Bertz CT molecular complexity index is 445. The Labute approximate surface area is 84.1 Å². The second-order valence-corrected chi connectivity index (χ2v) is 3.57. The molecule has 1 aromatic heterocycles. The van der Waals surface area contributed by atoms with Gasteiger partial charge in [-0.25, -0.2) is 0 Å². The van der Waals surface area contributed by atoms with Gasteiger partial charge in [0, 0.05) is 18.7 Å². The normalized spacial score (nSPS) is 13.4. The van der Waals surface area contributed by atoms with Gasteiger partial charge >= 0.3 is 0 Å². The van der Waals surface area contributed by atoms with Crippen LogP contribution in [0.25, 0.3) is 10.9 Å². The highest BCUT2D eigenvalue weighted by Gasteiger charge is 2.08. The minimum absolute atomic E-state index is 0.0913. The molecule has 1 aromatic carbocycles. The molecule has 0 N–H and O–H groups in total. The van der Waals surface area contributed by atoms with Crippen molar-refractivity contribution >= 4 is 10.9 Å². The largest absolute Gasteiger partial charge is 0.362 e. The molecule has 74 valence electrons. The van der Waals surface area contributed by atoms with Gasteiger partial charge in [-0.1, -0.05) is 18.2 Å². The third-order valence-electron chi connectivity index (χ3n) is 2.67. The Morgan fingerprint density at radius 2 is 2.00 bits per heavy atom. The molecule has 2 heteroatoms. The zero-order chi connectivity index (χ0) is 10.1. The molecule has 2 nitrogen and oxygen atoms in total. The summed E-state index contributed by atoms with van der Waals surface area (Å²) in [6, 6.07) is 8.39. The van der Waals surface area contributed by atoms with Crippen LogP contribution in [-0.2, 0) is 4.74 Å². The van der Waals surface area contributed by atoms with Gasteiger partial charge in [0.2, 0.25) is 0 Å². The first-order valence-electron chi connectivity index (χ1n) is 4.83. The summed E-state index contributed by atoms with van der Waals surface area (Å²) >= 11 is 0. The summed E-state index contributed by atoms with van der Waals surface area (Å²) in [4.78, 5) is 0. The molecule has 2 aromatic rings. The molecule has 0 amide bonds. The van der Waals surface area contributed by atoms with Crippen molar-refractivity contribution in [3.8, 4) is 0 Å². The van der Waals surface area contributed by atoms with Crippen LogP contribution in [-0.4, -0.2) is 11.7 Å². The zero-order valence-corrected chi connectivity index (χ0v) is 8.82. The second kappa shape index (κ2) is 3.46. The van der Waals surface area contributed by atoms with Crippen molar-refractivity contribution in [1.82, 2.24) is 4.57 Å². The van der Waals surface area contributed by atoms with Crippen LogP contribution in [0.1, 0.15) is 18.7 Å². The fourth-order valence-corrected chi connectivity index (χ4v) is 1.79. The van der Waals surface area contributed by atoms with E-state index >= 15 is 0 Å². The topological polar surface area (TPSA) is 14.2 Å². The molecular formula is C12H15NO. The average molecular weight is 189 g/mol. The van der Waals surface area contributed by atoms with E-state index in [0.717, 1.165) is 0 Å². The molecule has 0 aliphatic rings. The van der Waals surface area contributed by atoms with Gasteiger partial charge < -0.3 is 9.30 Å². The number of aryl methyl sites for hydroxylation is 1. The zero-order valence-electron chi connectivity index (χ0n) is 8.82. The molecule has 0 spiro atoms. The second-order valence-electron chi connectivity index (χ2n) is 3.57. The van der Waals surface area contributed by atoms with Gasteiger partial charge in [-0.15, -0.1) is 0 Å². The molecule has 0 saturated heterocycles. The van der Waals surface area contributed by atoms with E-state index in [1.54, 1.807) is 7.11 Å². The predicted molar refractivity (Wildman–Crippen MR) is 58.4 cm³/mol. The molecule has 1 unspecified atom stereocenters. The maximum absolute atomic E-state index is 5.32.